The highest BCUT2D eigenvalue weighted by Gasteiger charge is 2.23. The first-order valence-electron chi connectivity index (χ1n) is 9.73. The molecule has 2 rings (SSSR count). The Labute approximate surface area is 185 Å². The lowest BCUT2D eigenvalue weighted by Gasteiger charge is -2.34. The van der Waals surface area contributed by atoms with E-state index < -0.39 is 0 Å². The summed E-state index contributed by atoms with van der Waals surface area (Å²) in [5.41, 5.74) is 3.01. The topological polar surface area (TPSA) is 78.9 Å². The van der Waals surface area contributed by atoms with Crippen LogP contribution in [-0.2, 0) is 11.3 Å². The Morgan fingerprint density at radius 1 is 1.36 bits per heavy atom. The monoisotopic (exact) mass is 503 g/mol. The number of hydrogen-bond donors (Lipinski definition) is 2. The average Bonchev–Trinajstić information content (AvgIpc) is 2.67. The molecule has 1 fully saturated rings. The molecule has 1 aliphatic heterocycles. The molecule has 0 unspecified atom stereocenters. The number of carbonyl (C=O) groups is 1. The van der Waals surface area contributed by atoms with Crippen molar-refractivity contribution in [1.29, 1.82) is 0 Å². The quantitative estimate of drug-likeness (QED) is 0.355. The van der Waals surface area contributed by atoms with Crippen LogP contribution in [0.3, 0.4) is 0 Å². The van der Waals surface area contributed by atoms with Gasteiger partial charge in [-0.25, -0.2) is 4.99 Å². The highest BCUT2D eigenvalue weighted by molar-refractivity contribution is 14.0. The van der Waals surface area contributed by atoms with Crippen LogP contribution in [0, 0.1) is 19.8 Å². The van der Waals surface area contributed by atoms with Gasteiger partial charge in [-0.1, -0.05) is 0 Å². The van der Waals surface area contributed by atoms with Gasteiger partial charge in [-0.3, -0.25) is 9.78 Å². The van der Waals surface area contributed by atoms with E-state index in [9.17, 15) is 4.79 Å². The number of hydrogen-bond acceptors (Lipinski definition) is 4. The number of aliphatic imine (C=N–C) groups is 1. The maximum Gasteiger partial charge on any atom is 0.220 e. The van der Waals surface area contributed by atoms with Crippen LogP contribution in [0.4, 0.5) is 0 Å². The van der Waals surface area contributed by atoms with Crippen molar-refractivity contribution in [3.05, 3.63) is 23.0 Å². The summed E-state index contributed by atoms with van der Waals surface area (Å²) in [4.78, 5) is 23.2. The van der Waals surface area contributed by atoms with E-state index in [0.717, 1.165) is 61.0 Å². The van der Waals surface area contributed by atoms with Crippen LogP contribution in [-0.4, -0.2) is 55.5 Å². The lowest BCUT2D eigenvalue weighted by Crippen LogP contribution is -2.46. The maximum atomic E-state index is 11.6. The fourth-order valence-electron chi connectivity index (χ4n) is 3.52. The average molecular weight is 503 g/mol. The third-order valence-corrected chi connectivity index (χ3v) is 5.13. The van der Waals surface area contributed by atoms with Crippen LogP contribution in [0.5, 0.6) is 5.75 Å². The molecule has 2 heterocycles. The van der Waals surface area contributed by atoms with Gasteiger partial charge in [-0.15, -0.1) is 24.0 Å². The SMILES string of the molecule is CCNC(=NCc1ncc(C)c(OC)c1C)N1CCC(CC(=O)NC)CC1.I. The summed E-state index contributed by atoms with van der Waals surface area (Å²) in [5.74, 6) is 2.38. The zero-order valence-electron chi connectivity index (χ0n) is 17.7. The molecule has 8 heteroatoms. The molecule has 0 saturated carbocycles. The Morgan fingerprint density at radius 2 is 2.04 bits per heavy atom. The van der Waals surface area contributed by atoms with Crippen LogP contribution in [0.2, 0.25) is 0 Å². The van der Waals surface area contributed by atoms with Crippen molar-refractivity contribution in [2.24, 2.45) is 10.9 Å². The summed E-state index contributed by atoms with van der Waals surface area (Å²) in [6.45, 7) is 9.27. The van der Waals surface area contributed by atoms with Gasteiger partial charge < -0.3 is 20.3 Å². The number of methoxy groups -OCH3 is 1. The third-order valence-electron chi connectivity index (χ3n) is 5.13. The molecule has 0 aromatic carbocycles. The zero-order valence-corrected chi connectivity index (χ0v) is 20.0. The summed E-state index contributed by atoms with van der Waals surface area (Å²) in [6, 6.07) is 0. The number of nitrogens with zero attached hydrogens (tertiary/aromatic N) is 3. The Morgan fingerprint density at radius 3 is 2.61 bits per heavy atom. The summed E-state index contributed by atoms with van der Waals surface area (Å²) < 4.78 is 5.49. The zero-order chi connectivity index (χ0) is 19.8. The standard InChI is InChI=1S/C20H33N5O2.HI/c1-6-22-20(25-9-7-16(8-10-25)11-18(26)21-4)24-13-17-15(3)19(27-5)14(2)12-23-17;/h12,16H,6-11,13H2,1-5H3,(H,21,26)(H,22,24);1H. The lowest BCUT2D eigenvalue weighted by atomic mass is 9.93. The number of ether oxygens (including phenoxy) is 1. The van der Waals surface area contributed by atoms with Crippen LogP contribution in [0.25, 0.3) is 0 Å². The van der Waals surface area contributed by atoms with E-state index in [4.69, 9.17) is 9.73 Å². The van der Waals surface area contributed by atoms with Crippen LogP contribution in [0.15, 0.2) is 11.2 Å². The van der Waals surface area contributed by atoms with E-state index in [0.29, 0.717) is 18.9 Å². The van der Waals surface area contributed by atoms with Crippen molar-refractivity contribution < 1.29 is 9.53 Å². The fraction of sp³-hybridized carbons (Fsp3) is 0.650. The molecule has 0 bridgehead atoms. The molecule has 7 nitrogen and oxygen atoms in total. The smallest absolute Gasteiger partial charge is 0.220 e. The Balaban J connectivity index is 0.00000392. The number of aromatic nitrogens is 1. The van der Waals surface area contributed by atoms with E-state index in [2.05, 4.69) is 27.4 Å². The number of halogens is 1. The van der Waals surface area contributed by atoms with Gasteiger partial charge in [0.2, 0.25) is 5.91 Å². The molecule has 28 heavy (non-hydrogen) atoms. The lowest BCUT2D eigenvalue weighted by molar-refractivity contribution is -0.121. The predicted octanol–water partition coefficient (Wildman–Crippen LogP) is 2.64. The second-order valence-electron chi connectivity index (χ2n) is 7.02. The molecule has 0 aliphatic carbocycles. The van der Waals surface area contributed by atoms with Gasteiger partial charge in [0, 0.05) is 50.4 Å². The van der Waals surface area contributed by atoms with Crippen LogP contribution < -0.4 is 15.4 Å². The van der Waals surface area contributed by atoms with Gasteiger partial charge in [0.1, 0.15) is 5.75 Å². The summed E-state index contributed by atoms with van der Waals surface area (Å²) in [6.07, 6.45) is 4.47. The van der Waals surface area contributed by atoms with Crippen molar-refractivity contribution in [2.45, 2.75) is 46.6 Å². The van der Waals surface area contributed by atoms with Gasteiger partial charge >= 0.3 is 0 Å². The third kappa shape index (κ3) is 6.49. The summed E-state index contributed by atoms with van der Waals surface area (Å²) in [5, 5.41) is 6.10. The molecule has 0 atom stereocenters. The van der Waals surface area contributed by atoms with E-state index in [1.807, 2.05) is 20.0 Å². The number of aryl methyl sites for hydroxylation is 1. The summed E-state index contributed by atoms with van der Waals surface area (Å²) >= 11 is 0. The van der Waals surface area contributed by atoms with E-state index in [1.165, 1.54) is 0 Å². The number of nitrogens with one attached hydrogen (secondary N) is 2. The molecule has 1 saturated heterocycles. The molecular weight excluding hydrogens is 469 g/mol. The molecule has 1 aromatic heterocycles. The van der Waals surface area contributed by atoms with E-state index in [-0.39, 0.29) is 29.9 Å². The molecule has 0 radical (unpaired) electrons. The van der Waals surface area contributed by atoms with Crippen molar-refractivity contribution >= 4 is 35.8 Å². The van der Waals surface area contributed by atoms with Gasteiger partial charge in [0.15, 0.2) is 5.96 Å². The second kappa shape index (κ2) is 12.1. The molecular formula is C20H34IN5O2. The Bertz CT molecular complexity index is 673. The predicted molar refractivity (Wildman–Crippen MR) is 123 cm³/mol. The number of rotatable bonds is 6. The highest BCUT2D eigenvalue weighted by atomic mass is 127. The first-order chi connectivity index (χ1) is 13.0. The number of piperidine rings is 1. The largest absolute Gasteiger partial charge is 0.496 e. The fourth-order valence-corrected chi connectivity index (χ4v) is 3.52. The minimum absolute atomic E-state index is 0. The van der Waals surface area contributed by atoms with Crippen molar-refractivity contribution in [3.8, 4) is 5.75 Å². The maximum absolute atomic E-state index is 11.6. The van der Waals surface area contributed by atoms with Crippen molar-refractivity contribution in [3.63, 3.8) is 0 Å². The Hall–Kier alpha value is -1.58. The van der Waals surface area contributed by atoms with Crippen molar-refractivity contribution in [1.82, 2.24) is 20.5 Å². The Kier molecular flexibility index (Phi) is 10.6. The van der Waals surface area contributed by atoms with Crippen LogP contribution >= 0.6 is 24.0 Å². The minimum atomic E-state index is 0. The van der Waals surface area contributed by atoms with Gasteiger partial charge in [0.25, 0.3) is 0 Å². The highest BCUT2D eigenvalue weighted by Crippen LogP contribution is 2.25. The van der Waals surface area contributed by atoms with E-state index in [1.54, 1.807) is 14.2 Å². The number of amides is 1. The first-order valence-corrected chi connectivity index (χ1v) is 9.73. The summed E-state index contributed by atoms with van der Waals surface area (Å²) in [7, 11) is 3.39. The van der Waals surface area contributed by atoms with Gasteiger partial charge in [-0.05, 0) is 39.5 Å². The van der Waals surface area contributed by atoms with Crippen LogP contribution in [0.1, 0.15) is 43.0 Å². The molecule has 2 N–H and O–H groups in total. The number of likely N-dealkylation sites (tertiary alicyclic amines) is 1. The normalized spacial score (nSPS) is 15.0. The van der Waals surface area contributed by atoms with E-state index >= 15 is 0 Å². The van der Waals surface area contributed by atoms with Gasteiger partial charge in [-0.2, -0.15) is 0 Å². The van der Waals surface area contributed by atoms with Crippen molar-refractivity contribution in [2.75, 3.05) is 33.8 Å². The number of guanidine groups is 1. The minimum Gasteiger partial charge on any atom is -0.496 e. The number of carbonyl (C=O) groups excluding carboxylic acids is 1. The molecule has 0 spiro atoms. The molecule has 158 valence electrons. The molecule has 1 aromatic rings. The molecule has 1 aliphatic rings. The number of pyridine rings is 1. The first kappa shape index (κ1) is 24.5. The molecule has 1 amide bonds. The van der Waals surface area contributed by atoms with Gasteiger partial charge in [0.05, 0.1) is 19.3 Å². The second-order valence-corrected chi connectivity index (χ2v) is 7.02.